The summed E-state index contributed by atoms with van der Waals surface area (Å²) in [5.41, 5.74) is 2.73. The normalized spacial score (nSPS) is 11.1. The van der Waals surface area contributed by atoms with Crippen LogP contribution in [-0.4, -0.2) is 33.3 Å². The number of nitrogens with zero attached hydrogens (tertiary/aromatic N) is 1. The van der Waals surface area contributed by atoms with Gasteiger partial charge in [-0.05, 0) is 30.3 Å². The van der Waals surface area contributed by atoms with Crippen molar-refractivity contribution >= 4 is 27.8 Å². The molecular weight excluding hydrogens is 320 g/mol. The largest absolute Gasteiger partial charge is 0.504 e. The summed E-state index contributed by atoms with van der Waals surface area (Å²) in [7, 11) is 1.46. The number of phenols is 1. The summed E-state index contributed by atoms with van der Waals surface area (Å²) >= 11 is 0. The van der Waals surface area contributed by atoms with E-state index in [2.05, 4.69) is 9.97 Å². The second-order valence-electron chi connectivity index (χ2n) is 5.64. The van der Waals surface area contributed by atoms with E-state index in [4.69, 9.17) is 4.74 Å². The van der Waals surface area contributed by atoms with Gasteiger partial charge in [0.15, 0.2) is 11.5 Å². The second kappa shape index (κ2) is 5.52. The number of methoxy groups -OCH3 is 1. The molecule has 2 aromatic heterocycles. The average Bonchev–Trinajstić information content (AvgIpc) is 3.00. The first-order chi connectivity index (χ1) is 12.1. The molecule has 0 aliphatic carbocycles. The molecule has 0 aliphatic heterocycles. The molecule has 0 spiro atoms. The number of aromatic amines is 1. The number of ether oxygens (including phenoxy) is 1. The minimum Gasteiger partial charge on any atom is -0.504 e. The van der Waals surface area contributed by atoms with Gasteiger partial charge in [0.1, 0.15) is 5.69 Å². The lowest BCUT2D eigenvalue weighted by Gasteiger charge is -2.08. The van der Waals surface area contributed by atoms with Crippen molar-refractivity contribution in [3.63, 3.8) is 0 Å². The molecule has 2 heterocycles. The lowest BCUT2D eigenvalue weighted by Crippen LogP contribution is -2.01. The fourth-order valence-corrected chi connectivity index (χ4v) is 2.99. The Balaban J connectivity index is 2.10. The van der Waals surface area contributed by atoms with Crippen molar-refractivity contribution < 1.29 is 19.7 Å². The molecule has 0 amide bonds. The van der Waals surface area contributed by atoms with Crippen LogP contribution in [0.1, 0.15) is 10.5 Å². The maximum atomic E-state index is 11.5. The number of hydrogen-bond donors (Lipinski definition) is 3. The van der Waals surface area contributed by atoms with Crippen LogP contribution in [0.2, 0.25) is 0 Å². The number of fused-ring (bicyclic) bond motifs is 3. The fourth-order valence-electron chi connectivity index (χ4n) is 2.99. The molecule has 0 radical (unpaired) electrons. The van der Waals surface area contributed by atoms with Crippen molar-refractivity contribution in [1.82, 2.24) is 9.97 Å². The number of nitrogens with one attached hydrogen (secondary N) is 1. The molecule has 0 saturated carbocycles. The first-order valence-corrected chi connectivity index (χ1v) is 7.60. The van der Waals surface area contributed by atoms with E-state index in [1.807, 2.05) is 24.3 Å². The van der Waals surface area contributed by atoms with Gasteiger partial charge in [-0.1, -0.05) is 18.2 Å². The number of aromatic hydroxyl groups is 1. The second-order valence-corrected chi connectivity index (χ2v) is 5.64. The third-order valence-electron chi connectivity index (χ3n) is 4.17. The predicted molar refractivity (Wildman–Crippen MR) is 94.2 cm³/mol. The lowest BCUT2D eigenvalue weighted by atomic mass is 10.1. The first-order valence-electron chi connectivity index (χ1n) is 7.60. The Kier molecular flexibility index (Phi) is 3.32. The van der Waals surface area contributed by atoms with E-state index >= 15 is 0 Å². The zero-order valence-corrected chi connectivity index (χ0v) is 13.3. The van der Waals surface area contributed by atoms with Crippen molar-refractivity contribution in [2.75, 3.05) is 7.11 Å². The average molecular weight is 334 g/mol. The summed E-state index contributed by atoms with van der Waals surface area (Å²) in [5.74, 6) is -0.794. The molecule has 3 N–H and O–H groups in total. The van der Waals surface area contributed by atoms with Gasteiger partial charge in [0.25, 0.3) is 0 Å². The van der Waals surface area contributed by atoms with Gasteiger partial charge in [-0.3, -0.25) is 0 Å². The standard InChI is InChI=1S/C19H14N2O4/c1-25-16-8-10(6-7-15(16)22)17-18-12(9-14(21-17)19(23)24)11-4-2-3-5-13(11)20-18/h2-9,20,22H,1H3,(H,23,24). The lowest BCUT2D eigenvalue weighted by molar-refractivity contribution is 0.0691. The highest BCUT2D eigenvalue weighted by atomic mass is 16.5. The summed E-state index contributed by atoms with van der Waals surface area (Å²) in [5, 5.41) is 20.9. The van der Waals surface area contributed by atoms with Crippen LogP contribution in [0, 0.1) is 0 Å². The molecule has 0 atom stereocenters. The highest BCUT2D eigenvalue weighted by Crippen LogP contribution is 2.36. The van der Waals surface area contributed by atoms with Crippen LogP contribution < -0.4 is 4.74 Å². The Morgan fingerprint density at radius 2 is 1.92 bits per heavy atom. The van der Waals surface area contributed by atoms with E-state index in [9.17, 15) is 15.0 Å². The number of aromatic nitrogens is 2. The molecule has 0 aliphatic rings. The molecular formula is C19H14N2O4. The van der Waals surface area contributed by atoms with E-state index in [1.165, 1.54) is 13.2 Å². The summed E-state index contributed by atoms with van der Waals surface area (Å²) in [6.07, 6.45) is 0. The van der Waals surface area contributed by atoms with Crippen LogP contribution in [0.15, 0.2) is 48.5 Å². The van der Waals surface area contributed by atoms with Crippen LogP contribution in [0.25, 0.3) is 33.1 Å². The number of aromatic carboxylic acids is 1. The number of phenolic OH excluding ortho intramolecular Hbond substituents is 1. The Hall–Kier alpha value is -3.54. The molecule has 4 rings (SSSR count). The predicted octanol–water partition coefficient (Wildman–Crippen LogP) is 3.80. The molecule has 0 unspecified atom stereocenters. The number of pyridine rings is 1. The zero-order valence-electron chi connectivity index (χ0n) is 13.3. The van der Waals surface area contributed by atoms with Crippen LogP contribution in [0.3, 0.4) is 0 Å². The first kappa shape index (κ1) is 15.0. The van der Waals surface area contributed by atoms with Gasteiger partial charge in [-0.25, -0.2) is 9.78 Å². The van der Waals surface area contributed by atoms with E-state index in [1.54, 1.807) is 18.2 Å². The molecule has 0 bridgehead atoms. The summed E-state index contributed by atoms with van der Waals surface area (Å²) < 4.78 is 5.15. The Labute approximate surface area is 142 Å². The molecule has 0 fully saturated rings. The van der Waals surface area contributed by atoms with Crippen molar-refractivity contribution in [2.24, 2.45) is 0 Å². The van der Waals surface area contributed by atoms with Gasteiger partial charge in [-0.2, -0.15) is 0 Å². The SMILES string of the molecule is COc1cc(-c2nc(C(=O)O)cc3c2[nH]c2ccccc23)ccc1O. The van der Waals surface area contributed by atoms with Crippen molar-refractivity contribution in [3.05, 3.63) is 54.2 Å². The van der Waals surface area contributed by atoms with Crippen molar-refractivity contribution in [2.45, 2.75) is 0 Å². The third-order valence-corrected chi connectivity index (χ3v) is 4.17. The summed E-state index contributed by atoms with van der Waals surface area (Å²) in [6.45, 7) is 0. The Morgan fingerprint density at radius 3 is 2.68 bits per heavy atom. The third kappa shape index (κ3) is 2.35. The van der Waals surface area contributed by atoms with Gasteiger partial charge in [0, 0.05) is 21.9 Å². The van der Waals surface area contributed by atoms with E-state index in [0.29, 0.717) is 17.0 Å². The minimum absolute atomic E-state index is 0.00790. The summed E-state index contributed by atoms with van der Waals surface area (Å²) in [4.78, 5) is 19.1. The van der Waals surface area contributed by atoms with Crippen molar-refractivity contribution in [1.29, 1.82) is 0 Å². The molecule has 2 aromatic carbocycles. The topological polar surface area (TPSA) is 95.4 Å². The number of rotatable bonds is 3. The number of H-pyrrole nitrogens is 1. The summed E-state index contributed by atoms with van der Waals surface area (Å²) in [6, 6.07) is 14.0. The number of carboxylic acids is 1. The maximum absolute atomic E-state index is 11.5. The van der Waals surface area contributed by atoms with E-state index < -0.39 is 5.97 Å². The molecule has 25 heavy (non-hydrogen) atoms. The molecule has 0 saturated heterocycles. The van der Waals surface area contributed by atoms with E-state index in [-0.39, 0.29) is 11.4 Å². The molecule has 6 heteroatoms. The van der Waals surface area contributed by atoms with Crippen LogP contribution in [0.4, 0.5) is 0 Å². The Morgan fingerprint density at radius 1 is 1.12 bits per heavy atom. The van der Waals surface area contributed by atoms with Crippen LogP contribution in [-0.2, 0) is 0 Å². The molecule has 4 aromatic rings. The van der Waals surface area contributed by atoms with Gasteiger partial charge >= 0.3 is 5.97 Å². The van der Waals surface area contributed by atoms with Gasteiger partial charge in [-0.15, -0.1) is 0 Å². The van der Waals surface area contributed by atoms with Gasteiger partial charge in [0.2, 0.25) is 0 Å². The molecule has 6 nitrogen and oxygen atoms in total. The van der Waals surface area contributed by atoms with Crippen molar-refractivity contribution in [3.8, 4) is 22.8 Å². The van der Waals surface area contributed by atoms with Gasteiger partial charge in [0.05, 0.1) is 18.3 Å². The fraction of sp³-hybridized carbons (Fsp3) is 0.0526. The Bertz CT molecular complexity index is 1130. The highest BCUT2D eigenvalue weighted by Gasteiger charge is 2.17. The van der Waals surface area contributed by atoms with Crippen LogP contribution >= 0.6 is 0 Å². The smallest absolute Gasteiger partial charge is 0.354 e. The number of carbonyl (C=O) groups is 1. The monoisotopic (exact) mass is 334 g/mol. The minimum atomic E-state index is -1.10. The number of benzene rings is 2. The zero-order chi connectivity index (χ0) is 17.6. The number of hydrogen-bond acceptors (Lipinski definition) is 4. The van der Waals surface area contributed by atoms with Crippen LogP contribution in [0.5, 0.6) is 11.5 Å². The highest BCUT2D eigenvalue weighted by molar-refractivity contribution is 6.12. The number of para-hydroxylation sites is 1. The van der Waals surface area contributed by atoms with Gasteiger partial charge < -0.3 is 19.9 Å². The van der Waals surface area contributed by atoms with E-state index in [0.717, 1.165) is 21.8 Å². The number of carboxylic acid groups (broad SMARTS) is 1. The maximum Gasteiger partial charge on any atom is 0.354 e. The quantitative estimate of drug-likeness (QED) is 0.530. The molecule has 124 valence electrons.